The summed E-state index contributed by atoms with van der Waals surface area (Å²) >= 11 is 0. The molecule has 0 saturated carbocycles. The van der Waals surface area contributed by atoms with Gasteiger partial charge in [-0.05, 0) is 51.0 Å². The minimum atomic E-state index is -0.827. The molecule has 6 rings (SSSR count). The number of benzene rings is 1. The van der Waals surface area contributed by atoms with E-state index >= 15 is 0 Å². The summed E-state index contributed by atoms with van der Waals surface area (Å²) in [6.07, 6.45) is 6.43. The summed E-state index contributed by atoms with van der Waals surface area (Å²) in [6.45, 7) is 5.79. The Kier molecular flexibility index (Phi) is 5.24. The van der Waals surface area contributed by atoms with Gasteiger partial charge in [-0.15, -0.1) is 0 Å². The third kappa shape index (κ3) is 3.79. The Labute approximate surface area is 208 Å². The molecule has 1 spiro atoms. The zero-order valence-corrected chi connectivity index (χ0v) is 20.5. The van der Waals surface area contributed by atoms with Gasteiger partial charge in [0.25, 0.3) is 0 Å². The highest BCUT2D eigenvalue weighted by molar-refractivity contribution is 5.83. The van der Waals surface area contributed by atoms with Gasteiger partial charge in [-0.2, -0.15) is 5.10 Å². The lowest BCUT2D eigenvalue weighted by Gasteiger charge is -2.36. The molecule has 1 fully saturated rings. The van der Waals surface area contributed by atoms with E-state index in [9.17, 15) is 13.6 Å². The van der Waals surface area contributed by atoms with Gasteiger partial charge in [0.2, 0.25) is 0 Å². The van der Waals surface area contributed by atoms with Crippen molar-refractivity contribution >= 4 is 16.9 Å². The maximum absolute atomic E-state index is 13.9. The normalized spacial score (nSPS) is 23.7. The van der Waals surface area contributed by atoms with Gasteiger partial charge in [0, 0.05) is 65.8 Å². The van der Waals surface area contributed by atoms with Crippen LogP contribution in [0, 0.1) is 5.92 Å². The van der Waals surface area contributed by atoms with Gasteiger partial charge < -0.3 is 10.2 Å². The number of carbonyl (C=O) groups excluding carboxylic acids is 1. The Balaban J connectivity index is 1.18. The number of halogens is 2. The van der Waals surface area contributed by atoms with Gasteiger partial charge in [-0.1, -0.05) is 24.3 Å². The fraction of sp³-hybridized carbons (Fsp3) is 0.393. The van der Waals surface area contributed by atoms with E-state index in [1.807, 2.05) is 43.1 Å². The lowest BCUT2D eigenvalue weighted by atomic mass is 9.82. The second kappa shape index (κ2) is 8.25. The first-order valence-corrected chi connectivity index (χ1v) is 12.5. The van der Waals surface area contributed by atoms with Gasteiger partial charge in [-0.25, -0.2) is 13.6 Å². The minimum Gasteiger partial charge on any atom is -0.333 e. The zero-order chi connectivity index (χ0) is 25.1. The fourth-order valence-corrected chi connectivity index (χ4v) is 5.87. The zero-order valence-electron chi connectivity index (χ0n) is 20.5. The maximum Gasteiger partial charge on any atom is 0.317 e. The Morgan fingerprint density at radius 3 is 2.81 bits per heavy atom. The molecule has 1 N–H and O–H groups in total. The monoisotopic (exact) mass is 489 g/mol. The summed E-state index contributed by atoms with van der Waals surface area (Å²) in [5, 5.41) is 9.02. The second-order valence-electron chi connectivity index (χ2n) is 10.8. The van der Waals surface area contributed by atoms with Crippen LogP contribution in [0.5, 0.6) is 0 Å². The van der Waals surface area contributed by atoms with Crippen molar-refractivity contribution in [3.05, 3.63) is 72.1 Å². The number of carbonyl (C=O) groups is 1. The number of aryl methyl sites for hydroxylation is 1. The van der Waals surface area contributed by atoms with Crippen LogP contribution in [-0.4, -0.2) is 44.3 Å². The molecule has 1 saturated heterocycles. The Morgan fingerprint density at radius 2 is 1.97 bits per heavy atom. The molecular formula is C28H29F2N5O. The summed E-state index contributed by atoms with van der Waals surface area (Å²) in [5.41, 5.74) is 3.17. The third-order valence-electron chi connectivity index (χ3n) is 8.14. The van der Waals surface area contributed by atoms with Crippen molar-refractivity contribution in [2.45, 2.75) is 50.6 Å². The molecule has 2 unspecified atom stereocenters. The van der Waals surface area contributed by atoms with Crippen LogP contribution in [0.4, 0.5) is 13.6 Å². The van der Waals surface area contributed by atoms with Crippen LogP contribution in [0.1, 0.15) is 38.8 Å². The maximum atomic E-state index is 13.9. The predicted octanol–water partition coefficient (Wildman–Crippen LogP) is 5.66. The van der Waals surface area contributed by atoms with E-state index in [1.165, 1.54) is 0 Å². The van der Waals surface area contributed by atoms with E-state index in [1.54, 1.807) is 6.08 Å². The highest BCUT2D eigenvalue weighted by Gasteiger charge is 2.47. The number of hydrogen-bond acceptors (Lipinski definition) is 3. The predicted molar refractivity (Wildman–Crippen MR) is 135 cm³/mol. The minimum absolute atomic E-state index is 0.0505. The molecule has 4 heterocycles. The van der Waals surface area contributed by atoms with Crippen LogP contribution in [0.25, 0.3) is 22.2 Å². The highest BCUT2D eigenvalue weighted by Crippen LogP contribution is 2.44. The summed E-state index contributed by atoms with van der Waals surface area (Å²) in [6, 6.07) is 12.1. The largest absolute Gasteiger partial charge is 0.333 e. The van der Waals surface area contributed by atoms with Crippen LogP contribution in [0.2, 0.25) is 0 Å². The Morgan fingerprint density at radius 1 is 1.17 bits per heavy atom. The molecule has 3 aliphatic rings. The van der Waals surface area contributed by atoms with Crippen molar-refractivity contribution < 1.29 is 13.6 Å². The molecule has 3 aromatic rings. The van der Waals surface area contributed by atoms with Gasteiger partial charge in [-0.3, -0.25) is 9.67 Å². The lowest BCUT2D eigenvalue weighted by molar-refractivity contribution is 0.184. The molecular weight excluding hydrogens is 460 g/mol. The van der Waals surface area contributed by atoms with E-state index in [0.717, 1.165) is 53.3 Å². The fourth-order valence-electron chi connectivity index (χ4n) is 5.87. The van der Waals surface area contributed by atoms with Crippen LogP contribution in [0.3, 0.4) is 0 Å². The van der Waals surface area contributed by atoms with Crippen LogP contribution in [0.15, 0.2) is 66.4 Å². The van der Waals surface area contributed by atoms with Gasteiger partial charge in [0.15, 0.2) is 5.83 Å². The third-order valence-corrected chi connectivity index (χ3v) is 8.14. The molecule has 36 heavy (non-hydrogen) atoms. The number of amides is 2. The molecule has 2 atom stereocenters. The average Bonchev–Trinajstić information content (AvgIpc) is 3.57. The number of likely N-dealkylation sites (tertiary alicyclic amines) is 1. The molecule has 1 aromatic carbocycles. The number of urea groups is 1. The van der Waals surface area contributed by atoms with Gasteiger partial charge in [0.05, 0.1) is 11.2 Å². The van der Waals surface area contributed by atoms with E-state index in [2.05, 4.69) is 33.2 Å². The van der Waals surface area contributed by atoms with Crippen molar-refractivity contribution in [3.8, 4) is 11.3 Å². The van der Waals surface area contributed by atoms with E-state index in [4.69, 9.17) is 5.10 Å². The summed E-state index contributed by atoms with van der Waals surface area (Å²) < 4.78 is 29.4. The van der Waals surface area contributed by atoms with Crippen molar-refractivity contribution in [1.29, 1.82) is 0 Å². The molecule has 2 aromatic heterocycles. The van der Waals surface area contributed by atoms with Crippen LogP contribution >= 0.6 is 0 Å². The number of nitrogens with one attached hydrogen (secondary N) is 1. The molecule has 1 aliphatic carbocycles. The molecule has 2 aliphatic heterocycles. The number of hydrogen-bond donors (Lipinski definition) is 1. The SMILES string of the molecule is CC(C)(NC(=O)N1CCC2(CCn3nc(-c4cnc5ccccc5c4)cc32)C1)C1C=CC(F)=C(F)C1. The van der Waals surface area contributed by atoms with Crippen molar-refractivity contribution in [2.75, 3.05) is 13.1 Å². The quantitative estimate of drug-likeness (QED) is 0.516. The van der Waals surface area contributed by atoms with Gasteiger partial charge >= 0.3 is 6.03 Å². The van der Waals surface area contributed by atoms with Crippen molar-refractivity contribution in [2.24, 2.45) is 5.92 Å². The first kappa shape index (κ1) is 22.9. The molecule has 8 heteroatoms. The lowest BCUT2D eigenvalue weighted by Crippen LogP contribution is -2.53. The first-order chi connectivity index (χ1) is 17.2. The molecule has 0 bridgehead atoms. The van der Waals surface area contributed by atoms with Crippen LogP contribution < -0.4 is 5.32 Å². The van der Waals surface area contributed by atoms with Crippen molar-refractivity contribution in [1.82, 2.24) is 25.0 Å². The molecule has 2 amide bonds. The number of nitrogens with zero attached hydrogens (tertiary/aromatic N) is 4. The number of aromatic nitrogens is 3. The summed E-state index contributed by atoms with van der Waals surface area (Å²) in [4.78, 5) is 19.7. The number of allylic oxidation sites excluding steroid dienone is 3. The van der Waals surface area contributed by atoms with E-state index < -0.39 is 17.2 Å². The molecule has 186 valence electrons. The smallest absolute Gasteiger partial charge is 0.317 e. The van der Waals surface area contributed by atoms with E-state index in [-0.39, 0.29) is 23.8 Å². The summed E-state index contributed by atoms with van der Waals surface area (Å²) in [7, 11) is 0. The summed E-state index contributed by atoms with van der Waals surface area (Å²) in [5.74, 6) is -1.91. The molecule has 0 radical (unpaired) electrons. The number of fused-ring (bicyclic) bond motifs is 3. The number of pyridine rings is 1. The topological polar surface area (TPSA) is 63.1 Å². The van der Waals surface area contributed by atoms with Crippen molar-refractivity contribution in [3.63, 3.8) is 0 Å². The second-order valence-corrected chi connectivity index (χ2v) is 10.8. The Bertz CT molecular complexity index is 1420. The number of para-hydroxylation sites is 1. The average molecular weight is 490 g/mol. The van der Waals surface area contributed by atoms with Crippen LogP contribution in [-0.2, 0) is 12.0 Å². The number of rotatable bonds is 3. The molecule has 6 nitrogen and oxygen atoms in total. The Hall–Kier alpha value is -3.55. The first-order valence-electron chi connectivity index (χ1n) is 12.5. The highest BCUT2D eigenvalue weighted by atomic mass is 19.2. The van der Waals surface area contributed by atoms with E-state index in [0.29, 0.717) is 13.1 Å². The standard InChI is InChI=1S/C28H29F2N5O/c1-27(2,20-7-8-21(29)22(30)14-20)32-26(36)34-11-9-28(17-34)10-12-35-25(28)15-24(33-35)19-13-18-5-3-4-6-23(18)31-16-19/h3-8,13,15-16,20H,9-12,14,17H2,1-2H3,(H,32,36). The van der Waals surface area contributed by atoms with Gasteiger partial charge in [0.1, 0.15) is 5.83 Å².